The van der Waals surface area contributed by atoms with Crippen molar-refractivity contribution in [3.8, 4) is 5.75 Å². The summed E-state index contributed by atoms with van der Waals surface area (Å²) >= 11 is 0. The van der Waals surface area contributed by atoms with Crippen molar-refractivity contribution in [2.45, 2.75) is 6.18 Å². The fraction of sp³-hybridized carbons (Fsp3) is 0.364. The topological polar surface area (TPSA) is 61.8 Å². The van der Waals surface area contributed by atoms with E-state index >= 15 is 0 Å². The van der Waals surface area contributed by atoms with Crippen LogP contribution in [0.15, 0.2) is 24.3 Å². The Labute approximate surface area is 113 Å². The highest BCUT2D eigenvalue weighted by atomic mass is 31.2. The van der Waals surface area contributed by atoms with Crippen LogP contribution in [0.1, 0.15) is 5.56 Å². The minimum atomic E-state index is -4.66. The van der Waals surface area contributed by atoms with Crippen molar-refractivity contribution in [2.75, 3.05) is 20.4 Å². The van der Waals surface area contributed by atoms with Gasteiger partial charge >= 0.3 is 19.7 Å². The molecule has 0 atom stereocenters. The van der Waals surface area contributed by atoms with Crippen molar-refractivity contribution >= 4 is 13.6 Å². The van der Waals surface area contributed by atoms with Crippen LogP contribution in [0.2, 0.25) is 0 Å². The molecular weight excluding hydrogens is 300 g/mol. The number of halogens is 3. The van der Waals surface area contributed by atoms with Gasteiger partial charge in [-0.25, -0.2) is 0 Å². The summed E-state index contributed by atoms with van der Waals surface area (Å²) in [6.45, 7) is 0. The fourth-order valence-corrected chi connectivity index (χ4v) is 2.09. The Morgan fingerprint density at radius 2 is 1.75 bits per heavy atom. The standard InChI is InChI=1S/C11H12F3O5P/c1-17-20(16,18-2)7-10(15)19-9-6-4-3-5-8(9)11(12,13)14/h3-6H,7H2,1-2H3. The molecule has 1 aromatic rings. The van der Waals surface area contributed by atoms with E-state index in [0.29, 0.717) is 0 Å². The van der Waals surface area contributed by atoms with Crippen LogP contribution in [-0.2, 0) is 24.6 Å². The van der Waals surface area contributed by atoms with Crippen LogP contribution in [0.5, 0.6) is 5.75 Å². The molecule has 0 aromatic heterocycles. The summed E-state index contributed by atoms with van der Waals surface area (Å²) < 4.78 is 63.3. The summed E-state index contributed by atoms with van der Waals surface area (Å²) in [7, 11) is -1.57. The molecule has 0 aliphatic carbocycles. The van der Waals surface area contributed by atoms with Crippen molar-refractivity contribution in [1.29, 1.82) is 0 Å². The Balaban J connectivity index is 2.90. The summed E-state index contributed by atoms with van der Waals surface area (Å²) in [6, 6.07) is 4.21. The normalized spacial score (nSPS) is 12.2. The SMILES string of the molecule is COP(=O)(CC(=O)Oc1ccccc1C(F)(F)F)OC. The first-order valence-corrected chi connectivity index (χ1v) is 7.02. The predicted molar refractivity (Wildman–Crippen MR) is 63.6 cm³/mol. The van der Waals surface area contributed by atoms with Crippen LogP contribution in [0.3, 0.4) is 0 Å². The molecule has 0 aliphatic heterocycles. The van der Waals surface area contributed by atoms with E-state index in [-0.39, 0.29) is 0 Å². The highest BCUT2D eigenvalue weighted by molar-refractivity contribution is 7.54. The van der Waals surface area contributed by atoms with E-state index in [9.17, 15) is 22.5 Å². The Morgan fingerprint density at radius 3 is 2.25 bits per heavy atom. The minimum Gasteiger partial charge on any atom is -0.425 e. The highest BCUT2D eigenvalue weighted by Gasteiger charge is 2.35. The molecule has 0 unspecified atom stereocenters. The van der Waals surface area contributed by atoms with Gasteiger partial charge in [0.1, 0.15) is 11.9 Å². The van der Waals surface area contributed by atoms with Crippen molar-refractivity contribution in [2.24, 2.45) is 0 Å². The van der Waals surface area contributed by atoms with Crippen molar-refractivity contribution in [3.05, 3.63) is 29.8 Å². The number of carbonyl (C=O) groups is 1. The molecule has 0 spiro atoms. The molecule has 0 saturated carbocycles. The number of rotatable bonds is 5. The van der Waals surface area contributed by atoms with Crippen LogP contribution >= 0.6 is 7.60 Å². The number of hydrogen-bond donors (Lipinski definition) is 0. The van der Waals surface area contributed by atoms with Gasteiger partial charge in [-0.05, 0) is 12.1 Å². The molecule has 0 N–H and O–H groups in total. The summed E-state index contributed by atoms with van der Waals surface area (Å²) in [5, 5.41) is 0. The summed E-state index contributed by atoms with van der Waals surface area (Å²) in [5.41, 5.74) is -1.10. The lowest BCUT2D eigenvalue weighted by molar-refractivity contribution is -0.141. The number of para-hydroxylation sites is 1. The zero-order valence-electron chi connectivity index (χ0n) is 10.6. The van der Waals surface area contributed by atoms with E-state index in [2.05, 4.69) is 13.8 Å². The number of ether oxygens (including phenoxy) is 1. The van der Waals surface area contributed by atoms with Crippen molar-refractivity contribution in [1.82, 2.24) is 0 Å². The molecule has 0 radical (unpaired) electrons. The molecule has 112 valence electrons. The second-order valence-corrected chi connectivity index (χ2v) is 5.87. The van der Waals surface area contributed by atoms with Gasteiger partial charge in [0.2, 0.25) is 0 Å². The molecule has 0 heterocycles. The van der Waals surface area contributed by atoms with Crippen LogP contribution in [0, 0.1) is 0 Å². The van der Waals surface area contributed by atoms with E-state index in [0.717, 1.165) is 32.4 Å². The molecule has 0 aliphatic rings. The number of carbonyl (C=O) groups excluding carboxylic acids is 1. The van der Waals surface area contributed by atoms with Gasteiger partial charge in [0.15, 0.2) is 0 Å². The van der Waals surface area contributed by atoms with E-state index < -0.39 is 37.2 Å². The third-order valence-corrected chi connectivity index (χ3v) is 4.05. The quantitative estimate of drug-likeness (QED) is 0.475. The summed E-state index contributed by atoms with van der Waals surface area (Å²) in [5.74, 6) is -1.81. The van der Waals surface area contributed by atoms with Gasteiger partial charge in [-0.2, -0.15) is 13.2 Å². The Bertz CT molecular complexity index is 521. The van der Waals surface area contributed by atoms with Gasteiger partial charge in [-0.1, -0.05) is 12.1 Å². The van der Waals surface area contributed by atoms with E-state index in [1.165, 1.54) is 6.07 Å². The van der Waals surface area contributed by atoms with Crippen molar-refractivity contribution in [3.63, 3.8) is 0 Å². The molecule has 0 fully saturated rings. The smallest absolute Gasteiger partial charge is 0.419 e. The maximum absolute atomic E-state index is 12.7. The van der Waals surface area contributed by atoms with Gasteiger partial charge in [0.25, 0.3) is 0 Å². The van der Waals surface area contributed by atoms with Gasteiger partial charge in [-0.15, -0.1) is 0 Å². The van der Waals surface area contributed by atoms with Crippen LogP contribution in [0.4, 0.5) is 13.2 Å². The maximum Gasteiger partial charge on any atom is 0.419 e. The largest absolute Gasteiger partial charge is 0.425 e. The average molecular weight is 312 g/mol. The number of alkyl halides is 3. The van der Waals surface area contributed by atoms with Gasteiger partial charge in [0, 0.05) is 14.2 Å². The highest BCUT2D eigenvalue weighted by Crippen LogP contribution is 2.46. The predicted octanol–water partition coefficient (Wildman–Crippen LogP) is 3.10. The zero-order valence-corrected chi connectivity index (χ0v) is 11.5. The van der Waals surface area contributed by atoms with E-state index in [4.69, 9.17) is 0 Å². The number of hydrogen-bond acceptors (Lipinski definition) is 5. The maximum atomic E-state index is 12.7. The number of benzene rings is 1. The van der Waals surface area contributed by atoms with E-state index in [1.54, 1.807) is 0 Å². The van der Waals surface area contributed by atoms with Gasteiger partial charge < -0.3 is 13.8 Å². The number of esters is 1. The molecule has 1 rings (SSSR count). The first-order chi connectivity index (χ1) is 9.22. The fourth-order valence-electron chi connectivity index (χ4n) is 1.31. The second kappa shape index (κ2) is 6.39. The van der Waals surface area contributed by atoms with Crippen LogP contribution in [-0.4, -0.2) is 26.4 Å². The zero-order chi connectivity index (χ0) is 15.4. The van der Waals surface area contributed by atoms with Crippen molar-refractivity contribution < 1.29 is 36.3 Å². The average Bonchev–Trinajstić information content (AvgIpc) is 2.37. The van der Waals surface area contributed by atoms with Crippen LogP contribution < -0.4 is 4.74 Å². The molecule has 0 amide bonds. The van der Waals surface area contributed by atoms with Gasteiger partial charge in [0.05, 0.1) is 5.56 Å². The Kier molecular flexibility index (Phi) is 5.33. The Morgan fingerprint density at radius 1 is 1.20 bits per heavy atom. The lowest BCUT2D eigenvalue weighted by atomic mass is 10.2. The molecule has 20 heavy (non-hydrogen) atoms. The van der Waals surface area contributed by atoms with Gasteiger partial charge in [-0.3, -0.25) is 9.36 Å². The minimum absolute atomic E-state index is 0.663. The molecule has 1 aromatic carbocycles. The molecule has 9 heteroatoms. The molecule has 0 bridgehead atoms. The lowest BCUT2D eigenvalue weighted by Gasteiger charge is -2.15. The van der Waals surface area contributed by atoms with E-state index in [1.807, 2.05) is 0 Å². The first kappa shape index (κ1) is 16.7. The molecule has 0 saturated heterocycles. The molecular formula is C11H12F3O5P. The third-order valence-electron chi connectivity index (χ3n) is 2.30. The summed E-state index contributed by atoms with van der Waals surface area (Å²) in [4.78, 5) is 11.5. The first-order valence-electron chi connectivity index (χ1n) is 5.29. The lowest BCUT2D eigenvalue weighted by Crippen LogP contribution is -2.17. The second-order valence-electron chi connectivity index (χ2n) is 3.60. The monoisotopic (exact) mass is 312 g/mol. The van der Waals surface area contributed by atoms with Crippen LogP contribution in [0.25, 0.3) is 0 Å². The summed E-state index contributed by atoms with van der Waals surface area (Å²) in [6.07, 6.45) is -5.45. The Hall–Kier alpha value is -1.37. The third kappa shape index (κ3) is 4.33. The molecule has 5 nitrogen and oxygen atoms in total.